The summed E-state index contributed by atoms with van der Waals surface area (Å²) >= 11 is 3.33. The largest absolute Gasteiger partial charge is 0.495 e. The van der Waals surface area contributed by atoms with Crippen LogP contribution >= 0.6 is 15.9 Å². The number of hydrogen-bond donors (Lipinski definition) is 1. The van der Waals surface area contributed by atoms with E-state index >= 15 is 0 Å². The molecule has 1 atom stereocenters. The molecule has 0 saturated carbocycles. The van der Waals surface area contributed by atoms with Crippen molar-refractivity contribution in [1.29, 1.82) is 0 Å². The Labute approximate surface area is 168 Å². The van der Waals surface area contributed by atoms with Gasteiger partial charge in [0.15, 0.2) is 0 Å². The molecule has 0 unspecified atom stereocenters. The molecule has 0 aliphatic rings. The van der Waals surface area contributed by atoms with Crippen LogP contribution in [-0.2, 0) is 10.0 Å². The summed E-state index contributed by atoms with van der Waals surface area (Å²) < 4.78 is 35.1. The topological polar surface area (TPSA) is 55.4 Å². The standard InChI is InChI=1S/C21H20BrNO3S/c1-15-8-10-17(11-9-15)21(16-6-4-3-5-7-16)23-27(24,25)20-14-18(22)12-13-19(20)26-2/h3-14,21,23H,1-2H3/t21-/m1/s1. The first-order valence-corrected chi connectivity index (χ1v) is 10.7. The molecule has 0 saturated heterocycles. The van der Waals surface area contributed by atoms with E-state index in [9.17, 15) is 8.42 Å². The molecular weight excluding hydrogens is 426 g/mol. The first-order chi connectivity index (χ1) is 12.9. The Kier molecular flexibility index (Phi) is 5.99. The second kappa shape index (κ2) is 8.25. The summed E-state index contributed by atoms with van der Waals surface area (Å²) in [7, 11) is -2.38. The van der Waals surface area contributed by atoms with Gasteiger partial charge in [-0.3, -0.25) is 0 Å². The summed E-state index contributed by atoms with van der Waals surface area (Å²) in [5, 5.41) is 0. The van der Waals surface area contributed by atoms with Gasteiger partial charge in [-0.2, -0.15) is 4.72 Å². The zero-order chi connectivity index (χ0) is 19.4. The van der Waals surface area contributed by atoms with Crippen LogP contribution in [0.3, 0.4) is 0 Å². The molecule has 27 heavy (non-hydrogen) atoms. The van der Waals surface area contributed by atoms with Crippen molar-refractivity contribution < 1.29 is 13.2 Å². The van der Waals surface area contributed by atoms with E-state index in [0.29, 0.717) is 10.2 Å². The van der Waals surface area contributed by atoms with Crippen LogP contribution in [0.2, 0.25) is 0 Å². The third kappa shape index (κ3) is 4.58. The molecule has 0 bridgehead atoms. The van der Waals surface area contributed by atoms with E-state index in [0.717, 1.165) is 16.7 Å². The SMILES string of the molecule is COc1ccc(Br)cc1S(=O)(=O)N[C@H](c1ccccc1)c1ccc(C)cc1. The van der Waals surface area contributed by atoms with Crippen molar-refractivity contribution in [2.75, 3.05) is 7.11 Å². The van der Waals surface area contributed by atoms with Crippen LogP contribution in [0.15, 0.2) is 82.2 Å². The maximum absolute atomic E-state index is 13.2. The highest BCUT2D eigenvalue weighted by Gasteiger charge is 2.26. The van der Waals surface area contributed by atoms with Crippen molar-refractivity contribution in [3.05, 3.63) is 94.0 Å². The van der Waals surface area contributed by atoms with E-state index in [1.54, 1.807) is 18.2 Å². The highest BCUT2D eigenvalue weighted by atomic mass is 79.9. The quantitative estimate of drug-likeness (QED) is 0.590. The predicted molar refractivity (Wildman–Crippen MR) is 110 cm³/mol. The molecule has 3 rings (SSSR count). The van der Waals surface area contributed by atoms with E-state index < -0.39 is 16.1 Å². The fourth-order valence-electron chi connectivity index (χ4n) is 2.81. The number of sulfonamides is 1. The first kappa shape index (κ1) is 19.6. The molecule has 6 heteroatoms. The second-order valence-corrected chi connectivity index (χ2v) is 8.77. The number of benzene rings is 3. The van der Waals surface area contributed by atoms with Crippen molar-refractivity contribution in [3.63, 3.8) is 0 Å². The van der Waals surface area contributed by atoms with Crippen LogP contribution in [0.25, 0.3) is 0 Å². The molecule has 0 radical (unpaired) electrons. The van der Waals surface area contributed by atoms with Gasteiger partial charge in [0, 0.05) is 4.47 Å². The van der Waals surface area contributed by atoms with E-state index in [4.69, 9.17) is 4.74 Å². The highest BCUT2D eigenvalue weighted by molar-refractivity contribution is 9.10. The Bertz CT molecular complexity index is 1020. The van der Waals surface area contributed by atoms with Crippen molar-refractivity contribution in [2.24, 2.45) is 0 Å². The third-order valence-corrected chi connectivity index (χ3v) is 6.17. The minimum absolute atomic E-state index is 0.0902. The second-order valence-electron chi connectivity index (χ2n) is 6.17. The number of methoxy groups -OCH3 is 1. The summed E-state index contributed by atoms with van der Waals surface area (Å²) in [6.45, 7) is 2.00. The fraction of sp³-hybridized carbons (Fsp3) is 0.143. The molecule has 0 heterocycles. The zero-order valence-electron chi connectivity index (χ0n) is 15.0. The van der Waals surface area contributed by atoms with Gasteiger partial charge in [0.2, 0.25) is 10.0 Å². The Morgan fingerprint density at radius 2 is 1.56 bits per heavy atom. The van der Waals surface area contributed by atoms with Gasteiger partial charge >= 0.3 is 0 Å². The smallest absolute Gasteiger partial charge is 0.245 e. The number of rotatable bonds is 6. The summed E-state index contributed by atoms with van der Waals surface area (Å²) in [6.07, 6.45) is 0. The lowest BCUT2D eigenvalue weighted by Gasteiger charge is -2.21. The first-order valence-electron chi connectivity index (χ1n) is 8.38. The van der Waals surface area contributed by atoms with Crippen molar-refractivity contribution in [2.45, 2.75) is 17.9 Å². The molecule has 3 aromatic carbocycles. The van der Waals surface area contributed by atoms with Crippen LogP contribution in [0.5, 0.6) is 5.75 Å². The average molecular weight is 446 g/mol. The van der Waals surface area contributed by atoms with Crippen LogP contribution in [0.1, 0.15) is 22.7 Å². The maximum Gasteiger partial charge on any atom is 0.245 e. The summed E-state index contributed by atoms with van der Waals surface area (Å²) in [5.74, 6) is 0.293. The lowest BCUT2D eigenvalue weighted by atomic mass is 9.99. The Balaban J connectivity index is 2.06. The molecule has 3 aromatic rings. The van der Waals surface area contributed by atoms with Gasteiger partial charge in [-0.15, -0.1) is 0 Å². The number of halogens is 1. The van der Waals surface area contributed by atoms with Crippen molar-refractivity contribution >= 4 is 26.0 Å². The predicted octanol–water partition coefficient (Wildman–Crippen LogP) is 4.83. The molecule has 0 fully saturated rings. The number of nitrogens with one attached hydrogen (secondary N) is 1. The summed E-state index contributed by atoms with van der Waals surface area (Å²) in [5.41, 5.74) is 2.84. The monoisotopic (exact) mass is 445 g/mol. The van der Waals surface area contributed by atoms with Crippen molar-refractivity contribution in [1.82, 2.24) is 4.72 Å². The zero-order valence-corrected chi connectivity index (χ0v) is 17.4. The van der Waals surface area contributed by atoms with E-state index in [1.165, 1.54) is 7.11 Å². The minimum atomic E-state index is -3.84. The van der Waals surface area contributed by atoms with Crippen LogP contribution < -0.4 is 9.46 Å². The highest BCUT2D eigenvalue weighted by Crippen LogP contribution is 2.30. The molecule has 1 N–H and O–H groups in total. The molecule has 4 nitrogen and oxygen atoms in total. The van der Waals surface area contributed by atoms with Gasteiger partial charge in [-0.1, -0.05) is 76.1 Å². The summed E-state index contributed by atoms with van der Waals surface area (Å²) in [4.78, 5) is 0.0902. The molecule has 0 aliphatic carbocycles. The number of aryl methyl sites for hydroxylation is 1. The van der Waals surface area contributed by atoms with Gasteiger partial charge in [-0.25, -0.2) is 8.42 Å². The van der Waals surface area contributed by atoms with Crippen LogP contribution in [0, 0.1) is 6.92 Å². The minimum Gasteiger partial charge on any atom is -0.495 e. The Morgan fingerprint density at radius 3 is 2.19 bits per heavy atom. The lowest BCUT2D eigenvalue weighted by molar-refractivity contribution is 0.402. The van der Waals surface area contributed by atoms with Gasteiger partial charge < -0.3 is 4.74 Å². The maximum atomic E-state index is 13.2. The van der Waals surface area contributed by atoms with Crippen LogP contribution in [0.4, 0.5) is 0 Å². The van der Waals surface area contributed by atoms with Gasteiger partial charge in [0.1, 0.15) is 10.6 Å². The lowest BCUT2D eigenvalue weighted by Crippen LogP contribution is -2.29. The molecule has 0 aromatic heterocycles. The van der Waals surface area contributed by atoms with E-state index in [-0.39, 0.29) is 4.90 Å². The summed E-state index contributed by atoms with van der Waals surface area (Å²) in [6, 6.07) is 21.7. The van der Waals surface area contributed by atoms with Gasteiger partial charge in [-0.05, 0) is 36.2 Å². The van der Waals surface area contributed by atoms with Crippen LogP contribution in [-0.4, -0.2) is 15.5 Å². The van der Waals surface area contributed by atoms with Gasteiger partial charge in [0.05, 0.1) is 13.2 Å². The molecule has 0 amide bonds. The third-order valence-electron chi connectivity index (χ3n) is 4.23. The number of hydrogen-bond acceptors (Lipinski definition) is 3. The van der Waals surface area contributed by atoms with E-state index in [1.807, 2.05) is 61.5 Å². The number of ether oxygens (including phenoxy) is 1. The van der Waals surface area contributed by atoms with Gasteiger partial charge in [0.25, 0.3) is 0 Å². The van der Waals surface area contributed by atoms with E-state index in [2.05, 4.69) is 20.7 Å². The molecule has 0 spiro atoms. The molecular formula is C21H20BrNO3S. The fourth-order valence-corrected chi connectivity index (χ4v) is 4.73. The van der Waals surface area contributed by atoms with Crippen molar-refractivity contribution in [3.8, 4) is 5.75 Å². The molecule has 0 aliphatic heterocycles. The molecule has 140 valence electrons. The Hall–Kier alpha value is -2.15. The average Bonchev–Trinajstić information content (AvgIpc) is 2.67. The normalized spacial score (nSPS) is 12.6. The Morgan fingerprint density at radius 1 is 0.926 bits per heavy atom.